The van der Waals surface area contributed by atoms with Crippen LogP contribution in [0.25, 0.3) is 11.1 Å². The molecule has 1 aliphatic heterocycles. The minimum Gasteiger partial charge on any atom is -0.493 e. The minimum atomic E-state index is -1.02. The van der Waals surface area contributed by atoms with Gasteiger partial charge >= 0.3 is 6.09 Å². The SMILES string of the molecule is CC(C)(C)OCc1ccc(-c2ccc3c(c2)OCC(C)(C)C3NC(=O)O)cc1. The number of carboxylic acid groups (broad SMARTS) is 1. The second-order valence-corrected chi connectivity index (χ2v) is 9.01. The summed E-state index contributed by atoms with van der Waals surface area (Å²) in [6.45, 7) is 11.2. The number of carbonyl (C=O) groups is 1. The van der Waals surface area contributed by atoms with Crippen LogP contribution in [0.1, 0.15) is 51.8 Å². The van der Waals surface area contributed by atoms with Gasteiger partial charge < -0.3 is 19.9 Å². The number of fused-ring (bicyclic) bond motifs is 1. The third-order valence-corrected chi connectivity index (χ3v) is 4.93. The summed E-state index contributed by atoms with van der Waals surface area (Å²) in [4.78, 5) is 11.2. The second kappa shape index (κ2) is 7.47. The Balaban J connectivity index is 1.83. The summed E-state index contributed by atoms with van der Waals surface area (Å²) >= 11 is 0. The van der Waals surface area contributed by atoms with Crippen molar-refractivity contribution in [1.82, 2.24) is 5.32 Å². The average Bonchev–Trinajstić information content (AvgIpc) is 2.62. The largest absolute Gasteiger partial charge is 0.493 e. The Morgan fingerprint density at radius 1 is 1.18 bits per heavy atom. The number of nitrogens with one attached hydrogen (secondary N) is 1. The van der Waals surface area contributed by atoms with Gasteiger partial charge in [-0.05, 0) is 43.5 Å². The lowest BCUT2D eigenvalue weighted by atomic mass is 9.78. The van der Waals surface area contributed by atoms with Gasteiger partial charge in [-0.25, -0.2) is 4.79 Å². The summed E-state index contributed by atoms with van der Waals surface area (Å²) in [6.07, 6.45) is -1.02. The maximum absolute atomic E-state index is 11.2. The van der Waals surface area contributed by atoms with Crippen LogP contribution in [0.2, 0.25) is 0 Å². The van der Waals surface area contributed by atoms with Crippen LogP contribution in [0.5, 0.6) is 5.75 Å². The molecule has 5 nitrogen and oxygen atoms in total. The molecule has 0 spiro atoms. The molecule has 150 valence electrons. The first-order chi connectivity index (χ1) is 13.0. The highest BCUT2D eigenvalue weighted by Gasteiger charge is 2.38. The smallest absolute Gasteiger partial charge is 0.405 e. The molecule has 28 heavy (non-hydrogen) atoms. The maximum atomic E-state index is 11.2. The monoisotopic (exact) mass is 383 g/mol. The van der Waals surface area contributed by atoms with Crippen molar-refractivity contribution < 1.29 is 19.4 Å². The van der Waals surface area contributed by atoms with Crippen molar-refractivity contribution in [2.24, 2.45) is 5.41 Å². The van der Waals surface area contributed by atoms with Gasteiger partial charge in [0.15, 0.2) is 0 Å². The van der Waals surface area contributed by atoms with Gasteiger partial charge in [-0.3, -0.25) is 0 Å². The van der Waals surface area contributed by atoms with Crippen LogP contribution in [-0.4, -0.2) is 23.4 Å². The summed E-state index contributed by atoms with van der Waals surface area (Å²) in [7, 11) is 0. The predicted octanol–water partition coefficient (Wildman–Crippen LogP) is 5.40. The fourth-order valence-electron chi connectivity index (χ4n) is 3.34. The molecule has 1 heterocycles. The molecule has 2 N–H and O–H groups in total. The van der Waals surface area contributed by atoms with Gasteiger partial charge in [0.25, 0.3) is 0 Å². The fourth-order valence-corrected chi connectivity index (χ4v) is 3.34. The van der Waals surface area contributed by atoms with Crippen molar-refractivity contribution in [2.45, 2.75) is 52.9 Å². The van der Waals surface area contributed by atoms with E-state index in [0.29, 0.717) is 13.2 Å². The van der Waals surface area contributed by atoms with Gasteiger partial charge in [0.2, 0.25) is 0 Å². The third kappa shape index (κ3) is 4.65. The predicted molar refractivity (Wildman–Crippen MR) is 110 cm³/mol. The van der Waals surface area contributed by atoms with Crippen molar-refractivity contribution in [3.63, 3.8) is 0 Å². The summed E-state index contributed by atoms with van der Waals surface area (Å²) in [5.74, 6) is 0.732. The number of hydrogen-bond acceptors (Lipinski definition) is 3. The first-order valence-corrected chi connectivity index (χ1v) is 9.55. The zero-order chi connectivity index (χ0) is 20.5. The molecule has 0 saturated heterocycles. The Kier molecular flexibility index (Phi) is 5.39. The highest BCUT2D eigenvalue weighted by molar-refractivity contribution is 5.69. The van der Waals surface area contributed by atoms with Crippen molar-refractivity contribution >= 4 is 6.09 Å². The van der Waals surface area contributed by atoms with Crippen LogP contribution >= 0.6 is 0 Å². The van der Waals surface area contributed by atoms with Gasteiger partial charge in [0, 0.05) is 11.0 Å². The topological polar surface area (TPSA) is 67.8 Å². The lowest BCUT2D eigenvalue weighted by Crippen LogP contribution is -2.43. The Morgan fingerprint density at radius 3 is 2.43 bits per heavy atom. The Labute approximate surface area is 166 Å². The van der Waals surface area contributed by atoms with Crippen molar-refractivity contribution in [2.75, 3.05) is 6.61 Å². The molecule has 0 bridgehead atoms. The lowest BCUT2D eigenvalue weighted by molar-refractivity contribution is -0.0149. The number of ether oxygens (including phenoxy) is 2. The summed E-state index contributed by atoms with van der Waals surface area (Å²) in [5, 5.41) is 11.9. The number of benzene rings is 2. The molecule has 5 heteroatoms. The molecule has 0 saturated carbocycles. The van der Waals surface area contributed by atoms with Crippen LogP contribution in [-0.2, 0) is 11.3 Å². The van der Waals surface area contributed by atoms with Gasteiger partial charge in [0.05, 0.1) is 24.9 Å². The molecule has 0 aromatic heterocycles. The molecule has 1 atom stereocenters. The van der Waals surface area contributed by atoms with Crippen LogP contribution in [0.4, 0.5) is 4.79 Å². The van der Waals surface area contributed by atoms with Crippen molar-refractivity contribution in [3.8, 4) is 16.9 Å². The van der Waals surface area contributed by atoms with E-state index >= 15 is 0 Å². The van der Waals surface area contributed by atoms with E-state index in [0.717, 1.165) is 28.0 Å². The van der Waals surface area contributed by atoms with Crippen LogP contribution in [0, 0.1) is 5.41 Å². The van der Waals surface area contributed by atoms with E-state index in [9.17, 15) is 9.90 Å². The van der Waals surface area contributed by atoms with Crippen LogP contribution in [0.3, 0.4) is 0 Å². The highest BCUT2D eigenvalue weighted by atomic mass is 16.5. The lowest BCUT2D eigenvalue weighted by Gasteiger charge is -2.39. The highest BCUT2D eigenvalue weighted by Crippen LogP contribution is 2.44. The van der Waals surface area contributed by atoms with E-state index in [1.165, 1.54) is 0 Å². The molecule has 2 aromatic carbocycles. The van der Waals surface area contributed by atoms with Gasteiger partial charge in [0.1, 0.15) is 5.75 Å². The quantitative estimate of drug-likeness (QED) is 0.742. The Morgan fingerprint density at radius 2 is 1.82 bits per heavy atom. The van der Waals surface area contributed by atoms with E-state index in [-0.39, 0.29) is 17.1 Å². The molecule has 1 aliphatic rings. The average molecular weight is 383 g/mol. The maximum Gasteiger partial charge on any atom is 0.405 e. The standard InChI is InChI=1S/C23H29NO4/c1-22(2,3)28-13-15-6-8-16(9-7-15)17-10-11-18-19(12-17)27-14-23(4,5)20(18)24-21(25)26/h6-12,20,24H,13-14H2,1-5H3,(H,25,26). The van der Waals surface area contributed by atoms with E-state index in [1.54, 1.807) is 0 Å². The first kappa shape index (κ1) is 20.2. The molecular weight excluding hydrogens is 354 g/mol. The summed E-state index contributed by atoms with van der Waals surface area (Å²) < 4.78 is 11.8. The van der Waals surface area contributed by atoms with Gasteiger partial charge in [-0.1, -0.05) is 50.2 Å². The number of hydrogen-bond donors (Lipinski definition) is 2. The zero-order valence-corrected chi connectivity index (χ0v) is 17.2. The summed E-state index contributed by atoms with van der Waals surface area (Å²) in [6, 6.07) is 13.9. The molecule has 0 fully saturated rings. The Hall–Kier alpha value is -2.53. The van der Waals surface area contributed by atoms with E-state index in [4.69, 9.17) is 9.47 Å². The zero-order valence-electron chi connectivity index (χ0n) is 17.2. The molecule has 3 rings (SSSR count). The fraction of sp³-hybridized carbons (Fsp3) is 0.435. The first-order valence-electron chi connectivity index (χ1n) is 9.55. The Bertz CT molecular complexity index is 850. The molecule has 1 unspecified atom stereocenters. The third-order valence-electron chi connectivity index (χ3n) is 4.93. The normalized spacial score (nSPS) is 18.1. The molecule has 2 aromatic rings. The molecule has 1 amide bonds. The molecular formula is C23H29NO4. The van der Waals surface area contributed by atoms with E-state index in [2.05, 4.69) is 29.6 Å². The minimum absolute atomic E-state index is 0.164. The molecule has 0 radical (unpaired) electrons. The van der Waals surface area contributed by atoms with E-state index < -0.39 is 6.09 Å². The summed E-state index contributed by atoms with van der Waals surface area (Å²) in [5.41, 5.74) is 3.64. The molecule has 0 aliphatic carbocycles. The van der Waals surface area contributed by atoms with Gasteiger partial charge in [-0.2, -0.15) is 0 Å². The van der Waals surface area contributed by atoms with Gasteiger partial charge in [-0.15, -0.1) is 0 Å². The van der Waals surface area contributed by atoms with Crippen LogP contribution < -0.4 is 10.1 Å². The second-order valence-electron chi connectivity index (χ2n) is 9.01. The van der Waals surface area contributed by atoms with Crippen molar-refractivity contribution in [1.29, 1.82) is 0 Å². The van der Waals surface area contributed by atoms with Crippen molar-refractivity contribution in [3.05, 3.63) is 53.6 Å². The van der Waals surface area contributed by atoms with Crippen LogP contribution in [0.15, 0.2) is 42.5 Å². The number of amides is 1. The number of rotatable bonds is 4. The van der Waals surface area contributed by atoms with E-state index in [1.807, 2.05) is 52.8 Å².